The monoisotopic (exact) mass is 345 g/mol. The van der Waals surface area contributed by atoms with Crippen molar-refractivity contribution in [1.29, 1.82) is 0 Å². The smallest absolute Gasteiger partial charge is 0.144 e. The summed E-state index contributed by atoms with van der Waals surface area (Å²) in [4.78, 5) is 6.99. The number of fused-ring (bicyclic) bond motifs is 1. The van der Waals surface area contributed by atoms with Crippen LogP contribution in [-0.4, -0.2) is 34.1 Å². The Hall–Kier alpha value is -1.91. The number of aromatic nitrogens is 2. The van der Waals surface area contributed by atoms with Gasteiger partial charge in [-0.25, -0.2) is 9.37 Å². The van der Waals surface area contributed by atoms with Gasteiger partial charge in [0.25, 0.3) is 0 Å². The van der Waals surface area contributed by atoms with E-state index in [1.165, 1.54) is 6.07 Å². The van der Waals surface area contributed by atoms with Gasteiger partial charge < -0.3 is 9.47 Å². The van der Waals surface area contributed by atoms with Crippen LogP contribution < -0.4 is 0 Å². The van der Waals surface area contributed by atoms with E-state index in [2.05, 4.69) is 28.3 Å². The standard InChI is InChI=1S/C19H21ClFN3/c1-3-23(4-2)11-12-24-18-10-9-14(20)13-17(18)22-19(24)15-7-5-6-8-16(15)21/h5-10,13H,3-4,11-12H2,1-2H3. The molecule has 0 bridgehead atoms. The largest absolute Gasteiger partial charge is 0.323 e. The van der Waals surface area contributed by atoms with Crippen LogP contribution in [0.1, 0.15) is 13.8 Å². The molecule has 3 aromatic rings. The first-order chi connectivity index (χ1) is 11.6. The number of hydrogen-bond acceptors (Lipinski definition) is 2. The Bertz CT molecular complexity index is 840. The molecule has 3 rings (SSSR count). The van der Waals surface area contributed by atoms with Gasteiger partial charge in [-0.2, -0.15) is 0 Å². The summed E-state index contributed by atoms with van der Waals surface area (Å²) < 4.78 is 16.4. The van der Waals surface area contributed by atoms with Crippen LogP contribution in [0, 0.1) is 5.82 Å². The summed E-state index contributed by atoms with van der Waals surface area (Å²) in [7, 11) is 0. The molecule has 0 atom stereocenters. The lowest BCUT2D eigenvalue weighted by molar-refractivity contribution is 0.292. The van der Waals surface area contributed by atoms with Crippen LogP contribution in [0.3, 0.4) is 0 Å². The van der Waals surface area contributed by atoms with Crippen molar-refractivity contribution in [2.24, 2.45) is 0 Å². The van der Waals surface area contributed by atoms with Crippen LogP contribution in [-0.2, 0) is 6.54 Å². The first-order valence-corrected chi connectivity index (χ1v) is 8.64. The van der Waals surface area contributed by atoms with Crippen molar-refractivity contribution in [1.82, 2.24) is 14.5 Å². The third-order valence-corrected chi connectivity index (χ3v) is 4.59. The van der Waals surface area contributed by atoms with Gasteiger partial charge >= 0.3 is 0 Å². The second kappa shape index (κ2) is 7.32. The Kier molecular flexibility index (Phi) is 5.17. The normalized spacial score (nSPS) is 11.5. The van der Waals surface area contributed by atoms with E-state index in [0.717, 1.165) is 37.2 Å². The van der Waals surface area contributed by atoms with Gasteiger partial charge in [-0.3, -0.25) is 0 Å². The lowest BCUT2D eigenvalue weighted by Gasteiger charge is -2.19. The van der Waals surface area contributed by atoms with Crippen LogP contribution in [0.5, 0.6) is 0 Å². The molecule has 0 unspecified atom stereocenters. The minimum absolute atomic E-state index is 0.261. The molecule has 0 radical (unpaired) electrons. The van der Waals surface area contributed by atoms with Gasteiger partial charge in [0.05, 0.1) is 16.6 Å². The first kappa shape index (κ1) is 16.9. The van der Waals surface area contributed by atoms with Crippen LogP contribution in [0.4, 0.5) is 4.39 Å². The van der Waals surface area contributed by atoms with Crippen molar-refractivity contribution in [3.8, 4) is 11.4 Å². The summed E-state index contributed by atoms with van der Waals surface area (Å²) in [6.07, 6.45) is 0. The molecular weight excluding hydrogens is 325 g/mol. The maximum absolute atomic E-state index is 14.3. The molecule has 0 fully saturated rings. The average molecular weight is 346 g/mol. The van der Waals surface area contributed by atoms with E-state index in [9.17, 15) is 4.39 Å². The Labute approximate surface area is 146 Å². The van der Waals surface area contributed by atoms with Gasteiger partial charge in [-0.15, -0.1) is 0 Å². The summed E-state index contributed by atoms with van der Waals surface area (Å²) in [5, 5.41) is 0.635. The third kappa shape index (κ3) is 3.30. The van der Waals surface area contributed by atoms with E-state index in [4.69, 9.17) is 11.6 Å². The lowest BCUT2D eigenvalue weighted by atomic mass is 10.2. The van der Waals surface area contributed by atoms with Gasteiger partial charge in [0, 0.05) is 18.1 Å². The molecule has 2 aromatic carbocycles. The fraction of sp³-hybridized carbons (Fsp3) is 0.316. The fourth-order valence-corrected chi connectivity index (χ4v) is 3.13. The number of likely N-dealkylation sites (N-methyl/N-ethyl adjacent to an activating group) is 1. The molecule has 0 saturated carbocycles. The Morgan fingerprint density at radius 1 is 1.12 bits per heavy atom. The molecule has 0 aliphatic heterocycles. The molecule has 3 nitrogen and oxygen atoms in total. The molecule has 0 amide bonds. The highest BCUT2D eigenvalue weighted by Crippen LogP contribution is 2.28. The van der Waals surface area contributed by atoms with E-state index in [1.807, 2.05) is 24.3 Å². The van der Waals surface area contributed by atoms with Crippen LogP contribution in [0.25, 0.3) is 22.4 Å². The molecule has 24 heavy (non-hydrogen) atoms. The second-order valence-corrected chi connectivity index (χ2v) is 6.16. The van der Waals surface area contributed by atoms with E-state index in [0.29, 0.717) is 16.4 Å². The number of imidazole rings is 1. The number of halogens is 2. The minimum atomic E-state index is -0.261. The quantitative estimate of drug-likeness (QED) is 0.637. The SMILES string of the molecule is CCN(CC)CCn1c(-c2ccccc2F)nc2cc(Cl)ccc21. The van der Waals surface area contributed by atoms with Crippen molar-refractivity contribution in [2.75, 3.05) is 19.6 Å². The van der Waals surface area contributed by atoms with Crippen molar-refractivity contribution in [2.45, 2.75) is 20.4 Å². The Morgan fingerprint density at radius 2 is 1.88 bits per heavy atom. The Balaban J connectivity index is 2.10. The summed E-state index contributed by atoms with van der Waals surface area (Å²) in [5.41, 5.74) is 2.29. The zero-order valence-electron chi connectivity index (χ0n) is 14.0. The van der Waals surface area contributed by atoms with Crippen molar-refractivity contribution >= 4 is 22.6 Å². The zero-order chi connectivity index (χ0) is 17.1. The summed E-state index contributed by atoms with van der Waals surface area (Å²) >= 11 is 6.10. The molecule has 0 aliphatic rings. The van der Waals surface area contributed by atoms with Crippen molar-refractivity contribution in [3.05, 3.63) is 53.3 Å². The van der Waals surface area contributed by atoms with Gasteiger partial charge in [0.1, 0.15) is 11.6 Å². The summed E-state index contributed by atoms with van der Waals surface area (Å²) in [5.74, 6) is 0.389. The maximum Gasteiger partial charge on any atom is 0.144 e. The van der Waals surface area contributed by atoms with Crippen molar-refractivity contribution < 1.29 is 4.39 Å². The molecule has 0 aliphatic carbocycles. The fourth-order valence-electron chi connectivity index (χ4n) is 2.96. The number of rotatable bonds is 6. The molecule has 126 valence electrons. The highest BCUT2D eigenvalue weighted by molar-refractivity contribution is 6.31. The number of hydrogen-bond donors (Lipinski definition) is 0. The average Bonchev–Trinajstić information content (AvgIpc) is 2.93. The maximum atomic E-state index is 14.3. The zero-order valence-corrected chi connectivity index (χ0v) is 14.7. The summed E-state index contributed by atoms with van der Waals surface area (Å²) in [6.45, 7) is 7.92. The van der Waals surface area contributed by atoms with Gasteiger partial charge in [-0.05, 0) is 43.4 Å². The van der Waals surface area contributed by atoms with E-state index < -0.39 is 0 Å². The van der Waals surface area contributed by atoms with Crippen LogP contribution in [0.2, 0.25) is 5.02 Å². The van der Waals surface area contributed by atoms with E-state index in [1.54, 1.807) is 12.1 Å². The first-order valence-electron chi connectivity index (χ1n) is 8.27. The van der Waals surface area contributed by atoms with Crippen LogP contribution >= 0.6 is 11.6 Å². The Morgan fingerprint density at radius 3 is 2.58 bits per heavy atom. The van der Waals surface area contributed by atoms with Crippen molar-refractivity contribution in [3.63, 3.8) is 0 Å². The summed E-state index contributed by atoms with van der Waals surface area (Å²) in [6, 6.07) is 12.4. The molecule has 0 spiro atoms. The predicted molar refractivity (Wildman–Crippen MR) is 97.9 cm³/mol. The van der Waals surface area contributed by atoms with Gasteiger partial charge in [0.2, 0.25) is 0 Å². The highest BCUT2D eigenvalue weighted by atomic mass is 35.5. The highest BCUT2D eigenvalue weighted by Gasteiger charge is 2.16. The van der Waals surface area contributed by atoms with Crippen LogP contribution in [0.15, 0.2) is 42.5 Å². The lowest BCUT2D eigenvalue weighted by Crippen LogP contribution is -2.27. The molecule has 0 saturated heterocycles. The molecular formula is C19H21ClFN3. The number of nitrogens with zero attached hydrogens (tertiary/aromatic N) is 3. The van der Waals surface area contributed by atoms with E-state index in [-0.39, 0.29) is 5.82 Å². The number of benzene rings is 2. The second-order valence-electron chi connectivity index (χ2n) is 5.73. The van der Waals surface area contributed by atoms with Gasteiger partial charge in [0.15, 0.2) is 0 Å². The van der Waals surface area contributed by atoms with E-state index >= 15 is 0 Å². The predicted octanol–water partition coefficient (Wildman–Crippen LogP) is 4.84. The molecule has 1 heterocycles. The minimum Gasteiger partial charge on any atom is -0.323 e. The third-order valence-electron chi connectivity index (χ3n) is 4.36. The van der Waals surface area contributed by atoms with Gasteiger partial charge in [-0.1, -0.05) is 37.6 Å². The molecule has 5 heteroatoms. The molecule has 1 aromatic heterocycles. The topological polar surface area (TPSA) is 21.1 Å². The molecule has 0 N–H and O–H groups in total.